The van der Waals surface area contributed by atoms with E-state index in [4.69, 9.17) is 4.74 Å². The number of hydrogen-bond donors (Lipinski definition) is 2. The summed E-state index contributed by atoms with van der Waals surface area (Å²) in [6, 6.07) is 0.00264. The Bertz CT molecular complexity index is 888. The number of aliphatic hydroxyl groups is 1. The summed E-state index contributed by atoms with van der Waals surface area (Å²) in [7, 11) is 1.37. The molecule has 1 heterocycles. The first-order valence-corrected chi connectivity index (χ1v) is 14.7. The zero-order chi connectivity index (χ0) is 25.7. The third kappa shape index (κ3) is 4.50. The fraction of sp³-hybridized carbons (Fsp3) is 0.867. The lowest BCUT2D eigenvalue weighted by molar-refractivity contribution is -0.130. The molecule has 0 aromatic rings. The summed E-state index contributed by atoms with van der Waals surface area (Å²) in [6.45, 7) is 8.80. The van der Waals surface area contributed by atoms with E-state index < -0.39 is 6.09 Å². The van der Waals surface area contributed by atoms with Crippen molar-refractivity contribution in [2.75, 3.05) is 20.2 Å². The summed E-state index contributed by atoms with van der Waals surface area (Å²) < 4.78 is 4.70. The molecule has 1 aliphatic heterocycles. The van der Waals surface area contributed by atoms with Crippen LogP contribution in [0.4, 0.5) is 4.79 Å². The van der Waals surface area contributed by atoms with Gasteiger partial charge in [-0.15, -0.1) is 0 Å². The Morgan fingerprint density at radius 1 is 1.17 bits per heavy atom. The fourth-order valence-corrected chi connectivity index (χ4v) is 9.66. The number of rotatable bonds is 5. The molecule has 0 spiro atoms. The van der Waals surface area contributed by atoms with Crippen molar-refractivity contribution in [3.8, 4) is 0 Å². The van der Waals surface area contributed by atoms with Gasteiger partial charge in [0.15, 0.2) is 0 Å². The number of aliphatic hydroxyl groups excluding tert-OH is 1. The highest BCUT2D eigenvalue weighted by molar-refractivity contribution is 5.76. The number of hydrogen-bond acceptors (Lipinski definition) is 4. The Kier molecular flexibility index (Phi) is 7.21. The maximum absolute atomic E-state index is 13.0. The van der Waals surface area contributed by atoms with Crippen molar-refractivity contribution in [3.05, 3.63) is 11.6 Å². The number of methoxy groups -OCH3 is 1. The molecule has 0 bridgehead atoms. The quantitative estimate of drug-likeness (QED) is 0.502. The van der Waals surface area contributed by atoms with E-state index in [9.17, 15) is 14.7 Å². The number of nitrogens with one attached hydrogen (secondary N) is 1. The van der Waals surface area contributed by atoms with Gasteiger partial charge in [-0.25, -0.2) is 4.79 Å². The molecule has 0 aromatic heterocycles. The Morgan fingerprint density at radius 3 is 2.75 bits per heavy atom. The van der Waals surface area contributed by atoms with Crippen LogP contribution in [0.5, 0.6) is 0 Å². The van der Waals surface area contributed by atoms with E-state index in [-0.39, 0.29) is 18.1 Å². The van der Waals surface area contributed by atoms with Crippen molar-refractivity contribution in [1.82, 2.24) is 10.2 Å². The van der Waals surface area contributed by atoms with Gasteiger partial charge >= 0.3 is 6.09 Å². The molecule has 2 N–H and O–H groups in total. The summed E-state index contributed by atoms with van der Waals surface area (Å²) in [5.41, 5.74) is 2.25. The zero-order valence-electron chi connectivity index (χ0n) is 22.9. The maximum Gasteiger partial charge on any atom is 0.407 e. The van der Waals surface area contributed by atoms with Crippen LogP contribution in [0, 0.1) is 40.4 Å². The number of carbonyl (C=O) groups excluding carboxylic acids is 2. The van der Waals surface area contributed by atoms with Gasteiger partial charge in [0.1, 0.15) is 0 Å². The minimum atomic E-state index is -0.415. The summed E-state index contributed by atoms with van der Waals surface area (Å²) in [5.74, 6) is 3.86. The Morgan fingerprint density at radius 2 is 1.97 bits per heavy atom. The average molecular weight is 501 g/mol. The summed E-state index contributed by atoms with van der Waals surface area (Å²) in [5, 5.41) is 13.1. The number of carbonyl (C=O) groups is 2. The summed E-state index contributed by atoms with van der Waals surface area (Å²) in [6.07, 6.45) is 13.9. The van der Waals surface area contributed by atoms with Crippen LogP contribution in [0.15, 0.2) is 11.6 Å². The van der Waals surface area contributed by atoms with Gasteiger partial charge in [-0.05, 0) is 105 Å². The molecule has 202 valence electrons. The first-order chi connectivity index (χ1) is 17.2. The molecule has 6 nitrogen and oxygen atoms in total. The molecule has 1 saturated heterocycles. The molecular weight excluding hydrogens is 452 g/mol. The third-order valence-corrected chi connectivity index (χ3v) is 11.7. The number of allylic oxidation sites excluding steroid dienone is 1. The van der Waals surface area contributed by atoms with Gasteiger partial charge in [0.2, 0.25) is 5.91 Å². The van der Waals surface area contributed by atoms with E-state index in [1.165, 1.54) is 39.2 Å². The number of amides is 2. The molecule has 6 heteroatoms. The minimum absolute atomic E-state index is 0.00264. The SMILES string of the molecule is COC(=O)N[C@H]1CCN(C(=O)CC[C@@H](C)[C@H]2CC[C@H]3[C@@H]4CC=C5C[C@@H](O)CC[C@]5(C)[C@H]4CC[C@]23C)C1. The van der Waals surface area contributed by atoms with Crippen LogP contribution >= 0.6 is 0 Å². The maximum atomic E-state index is 13.0. The molecule has 3 saturated carbocycles. The van der Waals surface area contributed by atoms with Crippen LogP contribution in [0.1, 0.15) is 91.4 Å². The molecule has 4 aliphatic carbocycles. The lowest BCUT2D eigenvalue weighted by Gasteiger charge is -2.58. The van der Waals surface area contributed by atoms with E-state index in [1.807, 2.05) is 4.90 Å². The topological polar surface area (TPSA) is 78.9 Å². The average Bonchev–Trinajstić information content (AvgIpc) is 3.46. The standard InChI is InChI=1S/C30H48N2O4/c1-19(5-10-27(34)32-16-13-21(18-32)31-28(35)36-4)24-8-9-25-23-7-6-20-17-22(33)11-14-29(20,2)26(23)12-15-30(24,25)3/h6,19,21-26,33H,5,7-18H2,1-4H3,(H,31,35)/t19-,21+,22+,23+,24-,25+,26+,29+,30-/m1/s1. The molecule has 4 fully saturated rings. The summed E-state index contributed by atoms with van der Waals surface area (Å²) in [4.78, 5) is 26.4. The molecule has 5 aliphatic rings. The fourth-order valence-electron chi connectivity index (χ4n) is 9.66. The molecule has 0 radical (unpaired) electrons. The predicted molar refractivity (Wildman–Crippen MR) is 140 cm³/mol. The van der Waals surface area contributed by atoms with Gasteiger partial charge in [-0.1, -0.05) is 32.4 Å². The molecular formula is C30H48N2O4. The highest BCUT2D eigenvalue weighted by atomic mass is 16.5. The van der Waals surface area contributed by atoms with E-state index in [1.54, 1.807) is 5.57 Å². The van der Waals surface area contributed by atoms with E-state index >= 15 is 0 Å². The highest BCUT2D eigenvalue weighted by Crippen LogP contribution is 2.67. The lowest BCUT2D eigenvalue weighted by Crippen LogP contribution is -2.50. The zero-order valence-corrected chi connectivity index (χ0v) is 22.9. The number of likely N-dealkylation sites (tertiary alicyclic amines) is 1. The van der Waals surface area contributed by atoms with Crippen molar-refractivity contribution in [2.45, 2.75) is 104 Å². The van der Waals surface area contributed by atoms with Crippen LogP contribution in [-0.2, 0) is 9.53 Å². The smallest absolute Gasteiger partial charge is 0.407 e. The van der Waals surface area contributed by atoms with Crippen molar-refractivity contribution in [1.29, 1.82) is 0 Å². The first kappa shape index (κ1) is 26.1. The van der Waals surface area contributed by atoms with Crippen molar-refractivity contribution in [2.24, 2.45) is 40.4 Å². The van der Waals surface area contributed by atoms with Crippen molar-refractivity contribution < 1.29 is 19.4 Å². The van der Waals surface area contributed by atoms with Crippen molar-refractivity contribution in [3.63, 3.8) is 0 Å². The predicted octanol–water partition coefficient (Wildman–Crippen LogP) is 5.30. The Hall–Kier alpha value is -1.56. The second kappa shape index (κ2) is 9.96. The molecule has 0 aromatic carbocycles. The number of alkyl carbamates (subject to hydrolysis) is 1. The van der Waals surface area contributed by atoms with E-state index in [2.05, 4.69) is 32.2 Å². The van der Waals surface area contributed by atoms with Crippen LogP contribution in [0.3, 0.4) is 0 Å². The van der Waals surface area contributed by atoms with Crippen LogP contribution in [0.2, 0.25) is 0 Å². The molecule has 0 unspecified atom stereocenters. The Balaban J connectivity index is 1.18. The number of nitrogens with zero attached hydrogens (tertiary/aromatic N) is 1. The van der Waals surface area contributed by atoms with Gasteiger partial charge in [-0.2, -0.15) is 0 Å². The number of fused-ring (bicyclic) bond motifs is 5. The molecule has 5 rings (SSSR count). The number of ether oxygens (including phenoxy) is 1. The van der Waals surface area contributed by atoms with Gasteiger partial charge in [0, 0.05) is 19.5 Å². The van der Waals surface area contributed by atoms with Crippen LogP contribution in [-0.4, -0.2) is 54.4 Å². The van der Waals surface area contributed by atoms with Crippen molar-refractivity contribution >= 4 is 12.0 Å². The second-order valence-electron chi connectivity index (χ2n) is 13.4. The van der Waals surface area contributed by atoms with Gasteiger partial charge in [-0.3, -0.25) is 4.79 Å². The van der Waals surface area contributed by atoms with Crippen LogP contribution in [0.25, 0.3) is 0 Å². The lowest BCUT2D eigenvalue weighted by atomic mass is 9.47. The van der Waals surface area contributed by atoms with E-state index in [0.29, 0.717) is 35.6 Å². The largest absolute Gasteiger partial charge is 0.453 e. The highest BCUT2D eigenvalue weighted by Gasteiger charge is 2.59. The normalized spacial score (nSPS) is 42.6. The minimum Gasteiger partial charge on any atom is -0.453 e. The molecule has 36 heavy (non-hydrogen) atoms. The summed E-state index contributed by atoms with van der Waals surface area (Å²) >= 11 is 0. The Labute approximate surface area is 217 Å². The van der Waals surface area contributed by atoms with Gasteiger partial charge < -0.3 is 20.1 Å². The van der Waals surface area contributed by atoms with Crippen LogP contribution < -0.4 is 5.32 Å². The second-order valence-corrected chi connectivity index (χ2v) is 13.4. The third-order valence-electron chi connectivity index (χ3n) is 11.7. The monoisotopic (exact) mass is 500 g/mol. The van der Waals surface area contributed by atoms with Gasteiger partial charge in [0.05, 0.1) is 19.3 Å². The van der Waals surface area contributed by atoms with E-state index in [0.717, 1.165) is 56.4 Å². The van der Waals surface area contributed by atoms with Gasteiger partial charge in [0.25, 0.3) is 0 Å². The molecule has 2 amide bonds. The molecule has 9 atom stereocenters. The first-order valence-electron chi connectivity index (χ1n) is 14.7.